The molecule has 3 rings (SSSR count). The maximum atomic E-state index is 14.0. The zero-order valence-corrected chi connectivity index (χ0v) is 11.9. The normalized spacial score (nSPS) is 10.7. The summed E-state index contributed by atoms with van der Waals surface area (Å²) in [7, 11) is 0. The number of rotatable bonds is 2. The Morgan fingerprint density at radius 1 is 1.48 bits per heavy atom. The summed E-state index contributed by atoms with van der Waals surface area (Å²) < 4.78 is 15.5. The minimum atomic E-state index is -0.552. The molecule has 1 aromatic carbocycles. The Hall–Kier alpha value is -2.52. The van der Waals surface area contributed by atoms with E-state index in [2.05, 4.69) is 4.98 Å². The molecule has 0 atom stereocenters. The molecule has 0 N–H and O–H groups in total. The number of hydrogen-bond acceptors (Lipinski definition) is 4. The zero-order chi connectivity index (χ0) is 15.0. The van der Waals surface area contributed by atoms with E-state index in [-0.39, 0.29) is 17.5 Å². The number of aryl methyl sites for hydroxylation is 1. The van der Waals surface area contributed by atoms with Gasteiger partial charge in [-0.15, -0.1) is 11.3 Å². The van der Waals surface area contributed by atoms with E-state index in [0.29, 0.717) is 16.2 Å². The Morgan fingerprint density at radius 3 is 3.05 bits per heavy atom. The number of halogens is 1. The van der Waals surface area contributed by atoms with Gasteiger partial charge in [0, 0.05) is 23.6 Å². The molecule has 0 saturated carbocycles. The molecule has 3 aromatic rings. The van der Waals surface area contributed by atoms with Crippen molar-refractivity contribution in [2.75, 3.05) is 0 Å². The molecule has 2 aromatic heterocycles. The fraction of sp³-hybridized carbons (Fsp3) is 0.133. The van der Waals surface area contributed by atoms with Gasteiger partial charge in [-0.05, 0) is 18.6 Å². The van der Waals surface area contributed by atoms with Crippen LogP contribution in [0.1, 0.15) is 21.7 Å². The van der Waals surface area contributed by atoms with Crippen molar-refractivity contribution in [1.29, 1.82) is 5.26 Å². The third kappa shape index (κ3) is 2.43. The summed E-state index contributed by atoms with van der Waals surface area (Å²) in [6.07, 6.45) is 1.92. The number of thiazole rings is 1. The second-order valence-corrected chi connectivity index (χ2v) is 5.86. The van der Waals surface area contributed by atoms with Crippen molar-refractivity contribution >= 4 is 16.3 Å². The van der Waals surface area contributed by atoms with Crippen molar-refractivity contribution in [2.45, 2.75) is 13.3 Å². The number of fused-ring (bicyclic) bond motifs is 1. The fourth-order valence-corrected chi connectivity index (χ4v) is 3.00. The Labute approximate surface area is 123 Å². The van der Waals surface area contributed by atoms with E-state index in [1.54, 1.807) is 24.4 Å². The van der Waals surface area contributed by atoms with Gasteiger partial charge in [0.2, 0.25) is 0 Å². The Kier molecular flexibility index (Phi) is 3.28. The minimum absolute atomic E-state index is 0.00253. The summed E-state index contributed by atoms with van der Waals surface area (Å²) in [5.74, 6) is -0.552. The van der Waals surface area contributed by atoms with Gasteiger partial charge in [0.1, 0.15) is 11.9 Å². The van der Waals surface area contributed by atoms with E-state index in [1.165, 1.54) is 27.9 Å². The second kappa shape index (κ2) is 5.11. The summed E-state index contributed by atoms with van der Waals surface area (Å²) in [4.78, 5) is 17.9. The van der Waals surface area contributed by atoms with Crippen molar-refractivity contribution in [3.63, 3.8) is 0 Å². The summed E-state index contributed by atoms with van der Waals surface area (Å²) in [6.45, 7) is 1.90. The highest BCUT2D eigenvalue weighted by molar-refractivity contribution is 7.16. The molecule has 21 heavy (non-hydrogen) atoms. The molecule has 0 aliphatic heterocycles. The largest absolute Gasteiger partial charge is 0.269 e. The number of hydrogen-bond donors (Lipinski definition) is 0. The standard InChI is InChI=1S/C15H10FN3OS/c1-9-8-19-13(20)6-12(18-15(19)21-9)5-10-3-2-4-11(7-17)14(10)16/h2-4,6,8H,5H2,1H3. The summed E-state index contributed by atoms with van der Waals surface area (Å²) in [5.41, 5.74) is 0.669. The average Bonchev–Trinajstić information content (AvgIpc) is 2.82. The highest BCUT2D eigenvalue weighted by atomic mass is 32.1. The minimum Gasteiger partial charge on any atom is -0.269 e. The van der Waals surface area contributed by atoms with E-state index in [9.17, 15) is 9.18 Å². The van der Waals surface area contributed by atoms with E-state index in [4.69, 9.17) is 5.26 Å². The molecular weight excluding hydrogens is 289 g/mol. The van der Waals surface area contributed by atoms with E-state index in [1.807, 2.05) is 6.92 Å². The lowest BCUT2D eigenvalue weighted by Crippen LogP contribution is -2.13. The van der Waals surface area contributed by atoms with E-state index >= 15 is 0 Å². The lowest BCUT2D eigenvalue weighted by Gasteiger charge is -2.04. The van der Waals surface area contributed by atoms with E-state index in [0.717, 1.165) is 4.88 Å². The van der Waals surface area contributed by atoms with Crippen LogP contribution in [-0.4, -0.2) is 9.38 Å². The summed E-state index contributed by atoms with van der Waals surface area (Å²) in [6, 6.07) is 7.85. The average molecular weight is 299 g/mol. The molecule has 6 heteroatoms. The van der Waals surface area contributed by atoms with Crippen LogP contribution in [0.4, 0.5) is 4.39 Å². The van der Waals surface area contributed by atoms with E-state index < -0.39 is 5.82 Å². The van der Waals surface area contributed by atoms with Crippen molar-refractivity contribution < 1.29 is 4.39 Å². The monoisotopic (exact) mass is 299 g/mol. The Balaban J connectivity index is 2.07. The van der Waals surface area contributed by atoms with Gasteiger partial charge >= 0.3 is 0 Å². The van der Waals surface area contributed by atoms with Gasteiger partial charge in [-0.25, -0.2) is 9.37 Å². The van der Waals surface area contributed by atoms with Crippen LogP contribution in [0.3, 0.4) is 0 Å². The van der Waals surface area contributed by atoms with Gasteiger partial charge < -0.3 is 0 Å². The number of benzene rings is 1. The first-order chi connectivity index (χ1) is 10.1. The van der Waals surface area contributed by atoms with Crippen molar-refractivity contribution in [1.82, 2.24) is 9.38 Å². The second-order valence-electron chi connectivity index (χ2n) is 4.65. The lowest BCUT2D eigenvalue weighted by molar-refractivity contribution is 0.609. The van der Waals surface area contributed by atoms with Crippen LogP contribution < -0.4 is 5.56 Å². The van der Waals surface area contributed by atoms with Crippen LogP contribution in [0.25, 0.3) is 4.96 Å². The maximum absolute atomic E-state index is 14.0. The van der Waals surface area contributed by atoms with Crippen LogP contribution in [0.15, 0.2) is 35.3 Å². The quantitative estimate of drug-likeness (QED) is 0.731. The molecule has 0 spiro atoms. The predicted molar refractivity (Wildman–Crippen MR) is 78.0 cm³/mol. The maximum Gasteiger partial charge on any atom is 0.258 e. The highest BCUT2D eigenvalue weighted by Crippen LogP contribution is 2.17. The number of nitrogens with zero attached hydrogens (tertiary/aromatic N) is 3. The summed E-state index contributed by atoms with van der Waals surface area (Å²) in [5, 5.41) is 8.84. The molecule has 0 saturated heterocycles. The number of nitriles is 1. The van der Waals surface area contributed by atoms with Gasteiger partial charge in [0.15, 0.2) is 4.96 Å². The van der Waals surface area contributed by atoms with Gasteiger partial charge in [0.05, 0.1) is 11.3 Å². The molecule has 0 aliphatic rings. The molecule has 104 valence electrons. The molecule has 0 radical (unpaired) electrons. The van der Waals surface area contributed by atoms with Crippen LogP contribution >= 0.6 is 11.3 Å². The van der Waals surface area contributed by atoms with Gasteiger partial charge in [-0.3, -0.25) is 9.20 Å². The first-order valence-electron chi connectivity index (χ1n) is 6.24. The van der Waals surface area contributed by atoms with Crippen molar-refractivity contribution in [3.8, 4) is 6.07 Å². The zero-order valence-electron chi connectivity index (χ0n) is 11.1. The third-order valence-corrected chi connectivity index (χ3v) is 4.00. The molecule has 0 unspecified atom stereocenters. The SMILES string of the molecule is Cc1cn2c(=O)cc(Cc3cccc(C#N)c3F)nc2s1. The van der Waals surface area contributed by atoms with Gasteiger partial charge in [-0.2, -0.15) is 5.26 Å². The first kappa shape index (κ1) is 13.5. The van der Waals surface area contributed by atoms with Crippen LogP contribution in [-0.2, 0) is 6.42 Å². The first-order valence-corrected chi connectivity index (χ1v) is 7.06. The molecule has 2 heterocycles. The van der Waals surface area contributed by atoms with Crippen LogP contribution in [0, 0.1) is 24.1 Å². The van der Waals surface area contributed by atoms with Crippen molar-refractivity contribution in [2.24, 2.45) is 0 Å². The lowest BCUT2D eigenvalue weighted by atomic mass is 10.1. The predicted octanol–water partition coefficient (Wildman–Crippen LogP) is 2.67. The van der Waals surface area contributed by atoms with Crippen molar-refractivity contribution in [3.05, 3.63) is 68.3 Å². The van der Waals surface area contributed by atoms with Gasteiger partial charge in [-0.1, -0.05) is 12.1 Å². The Morgan fingerprint density at radius 2 is 2.29 bits per heavy atom. The highest BCUT2D eigenvalue weighted by Gasteiger charge is 2.11. The van der Waals surface area contributed by atoms with Gasteiger partial charge in [0.25, 0.3) is 5.56 Å². The molecule has 0 amide bonds. The Bertz CT molecular complexity index is 936. The van der Waals surface area contributed by atoms with Crippen LogP contribution in [0.2, 0.25) is 0 Å². The third-order valence-electron chi connectivity index (χ3n) is 3.11. The molecule has 0 fully saturated rings. The summed E-state index contributed by atoms with van der Waals surface area (Å²) >= 11 is 1.41. The molecule has 0 bridgehead atoms. The smallest absolute Gasteiger partial charge is 0.258 e. The molecular formula is C15H10FN3OS. The molecule has 0 aliphatic carbocycles. The topological polar surface area (TPSA) is 58.2 Å². The molecule has 4 nitrogen and oxygen atoms in total. The van der Waals surface area contributed by atoms with Crippen LogP contribution in [0.5, 0.6) is 0 Å². The number of aromatic nitrogens is 2. The fourth-order valence-electron chi connectivity index (χ4n) is 2.15.